The molecule has 0 spiro atoms. The summed E-state index contributed by atoms with van der Waals surface area (Å²) in [6, 6.07) is 1.88. The van der Waals surface area contributed by atoms with Gasteiger partial charge in [-0.2, -0.15) is 0 Å². The van der Waals surface area contributed by atoms with Gasteiger partial charge in [0, 0.05) is 12.0 Å². The first-order valence-corrected chi connectivity index (χ1v) is 4.01. The van der Waals surface area contributed by atoms with Crippen LogP contribution in [-0.4, -0.2) is 12.4 Å². The van der Waals surface area contributed by atoms with E-state index in [0.717, 1.165) is 12.0 Å². The van der Waals surface area contributed by atoms with Gasteiger partial charge in [0.05, 0.1) is 18.6 Å². The van der Waals surface area contributed by atoms with Crippen LogP contribution < -0.4 is 0 Å². The minimum Gasteiger partial charge on any atom is -0.472 e. The van der Waals surface area contributed by atoms with Crippen LogP contribution in [0, 0.1) is 0 Å². The highest BCUT2D eigenvalue weighted by atomic mass is 16.5. The first-order chi connectivity index (χ1) is 5.86. The van der Waals surface area contributed by atoms with E-state index in [-0.39, 0.29) is 18.5 Å². The summed E-state index contributed by atoms with van der Waals surface area (Å²) in [6.07, 6.45) is 4.74. The Morgan fingerprint density at radius 2 is 2.42 bits per heavy atom. The normalized spacial score (nSPS) is 24.3. The molecule has 12 heavy (non-hydrogen) atoms. The lowest BCUT2D eigenvalue weighted by Crippen LogP contribution is -2.19. The maximum Gasteiger partial charge on any atom is 0.158 e. The van der Waals surface area contributed by atoms with Crippen LogP contribution in [0.2, 0.25) is 0 Å². The molecule has 2 heterocycles. The molecule has 1 aliphatic rings. The molecule has 0 saturated carbocycles. The molecule has 0 aromatic carbocycles. The summed E-state index contributed by atoms with van der Waals surface area (Å²) in [5.74, 6) is 0.190. The standard InChI is InChI=1S/C9H10O3/c10-8-1-2-9(12-6-8)7-3-4-11-5-7/h3-5,9H,1-2,6H2/t9-/m1/s1. The molecule has 0 amide bonds. The molecule has 0 radical (unpaired) electrons. The highest BCUT2D eigenvalue weighted by molar-refractivity contribution is 5.80. The number of Topliss-reactive ketones (excluding diaryl/α,β-unsaturated/α-hetero) is 1. The summed E-state index contributed by atoms with van der Waals surface area (Å²) in [4.78, 5) is 10.8. The van der Waals surface area contributed by atoms with Gasteiger partial charge in [0.1, 0.15) is 6.61 Å². The molecule has 2 rings (SSSR count). The lowest BCUT2D eigenvalue weighted by Gasteiger charge is -2.20. The number of furan rings is 1. The van der Waals surface area contributed by atoms with E-state index in [9.17, 15) is 4.79 Å². The van der Waals surface area contributed by atoms with Crippen LogP contribution in [0.1, 0.15) is 24.5 Å². The molecule has 0 N–H and O–H groups in total. The van der Waals surface area contributed by atoms with Crippen LogP contribution in [0.3, 0.4) is 0 Å². The van der Waals surface area contributed by atoms with Gasteiger partial charge < -0.3 is 9.15 Å². The van der Waals surface area contributed by atoms with E-state index in [1.165, 1.54) is 0 Å². The zero-order valence-corrected chi connectivity index (χ0v) is 6.66. The summed E-state index contributed by atoms with van der Waals surface area (Å²) in [7, 11) is 0. The predicted octanol–water partition coefficient (Wildman–Crippen LogP) is 1.70. The molecule has 1 fully saturated rings. The van der Waals surface area contributed by atoms with E-state index in [1.54, 1.807) is 12.5 Å². The van der Waals surface area contributed by atoms with E-state index in [1.807, 2.05) is 6.07 Å². The maximum absolute atomic E-state index is 10.8. The second kappa shape index (κ2) is 3.11. The van der Waals surface area contributed by atoms with Gasteiger partial charge in [0.2, 0.25) is 0 Å². The summed E-state index contributed by atoms with van der Waals surface area (Å²) < 4.78 is 10.3. The highest BCUT2D eigenvalue weighted by Crippen LogP contribution is 2.26. The molecule has 1 aromatic rings. The van der Waals surface area contributed by atoms with E-state index in [2.05, 4.69) is 0 Å². The molecule has 0 unspecified atom stereocenters. The number of carbonyl (C=O) groups excluding carboxylic acids is 1. The quantitative estimate of drug-likeness (QED) is 0.637. The van der Waals surface area contributed by atoms with Crippen molar-refractivity contribution in [1.82, 2.24) is 0 Å². The summed E-state index contributed by atoms with van der Waals surface area (Å²) in [5.41, 5.74) is 1.03. The van der Waals surface area contributed by atoms with Crippen LogP contribution >= 0.6 is 0 Å². The fourth-order valence-electron chi connectivity index (χ4n) is 1.36. The Labute approximate surface area is 70.3 Å². The van der Waals surface area contributed by atoms with Crippen LogP contribution in [0.25, 0.3) is 0 Å². The van der Waals surface area contributed by atoms with Crippen molar-refractivity contribution in [3.05, 3.63) is 24.2 Å². The third-order valence-electron chi connectivity index (χ3n) is 2.05. The van der Waals surface area contributed by atoms with Crippen molar-refractivity contribution in [2.45, 2.75) is 18.9 Å². The van der Waals surface area contributed by atoms with Crippen molar-refractivity contribution >= 4 is 5.78 Å². The van der Waals surface area contributed by atoms with Gasteiger partial charge in [0.25, 0.3) is 0 Å². The predicted molar refractivity (Wildman–Crippen MR) is 41.6 cm³/mol. The number of ketones is 1. The summed E-state index contributed by atoms with van der Waals surface area (Å²) in [6.45, 7) is 0.246. The number of hydrogen-bond acceptors (Lipinski definition) is 3. The molecule has 1 aromatic heterocycles. The highest BCUT2D eigenvalue weighted by Gasteiger charge is 2.21. The molecule has 0 bridgehead atoms. The zero-order chi connectivity index (χ0) is 8.39. The van der Waals surface area contributed by atoms with Crippen LogP contribution in [-0.2, 0) is 9.53 Å². The Balaban J connectivity index is 2.03. The lowest BCUT2D eigenvalue weighted by atomic mass is 10.0. The third-order valence-corrected chi connectivity index (χ3v) is 2.05. The Morgan fingerprint density at radius 1 is 1.50 bits per heavy atom. The van der Waals surface area contributed by atoms with Crippen LogP contribution in [0.15, 0.2) is 23.0 Å². The minimum atomic E-state index is 0.0569. The molecule has 1 aliphatic heterocycles. The van der Waals surface area contributed by atoms with Gasteiger partial charge >= 0.3 is 0 Å². The molecule has 1 saturated heterocycles. The zero-order valence-electron chi connectivity index (χ0n) is 6.66. The molecule has 3 heteroatoms. The fourth-order valence-corrected chi connectivity index (χ4v) is 1.36. The average Bonchev–Trinajstić information content (AvgIpc) is 2.58. The molecular weight excluding hydrogens is 156 g/mol. The first kappa shape index (κ1) is 7.55. The third kappa shape index (κ3) is 1.41. The molecular formula is C9H10O3. The Bertz CT molecular complexity index is 253. The largest absolute Gasteiger partial charge is 0.472 e. The van der Waals surface area contributed by atoms with Gasteiger partial charge in [-0.25, -0.2) is 0 Å². The van der Waals surface area contributed by atoms with Gasteiger partial charge in [0.15, 0.2) is 5.78 Å². The first-order valence-electron chi connectivity index (χ1n) is 4.01. The van der Waals surface area contributed by atoms with Crippen molar-refractivity contribution in [3.8, 4) is 0 Å². The van der Waals surface area contributed by atoms with Crippen LogP contribution in [0.5, 0.6) is 0 Å². The van der Waals surface area contributed by atoms with Crippen molar-refractivity contribution < 1.29 is 13.9 Å². The smallest absolute Gasteiger partial charge is 0.158 e. The molecule has 3 nitrogen and oxygen atoms in total. The van der Waals surface area contributed by atoms with Gasteiger partial charge in [-0.15, -0.1) is 0 Å². The lowest BCUT2D eigenvalue weighted by molar-refractivity contribution is -0.131. The fraction of sp³-hybridized carbons (Fsp3) is 0.444. The van der Waals surface area contributed by atoms with Crippen molar-refractivity contribution in [3.63, 3.8) is 0 Å². The van der Waals surface area contributed by atoms with Gasteiger partial charge in [-0.05, 0) is 12.5 Å². The van der Waals surface area contributed by atoms with Crippen molar-refractivity contribution in [2.75, 3.05) is 6.61 Å². The second-order valence-electron chi connectivity index (χ2n) is 2.93. The van der Waals surface area contributed by atoms with Crippen molar-refractivity contribution in [2.24, 2.45) is 0 Å². The topological polar surface area (TPSA) is 39.4 Å². The Morgan fingerprint density at radius 3 is 3.00 bits per heavy atom. The van der Waals surface area contributed by atoms with E-state index in [0.29, 0.717) is 6.42 Å². The van der Waals surface area contributed by atoms with Crippen molar-refractivity contribution in [1.29, 1.82) is 0 Å². The summed E-state index contributed by atoms with van der Waals surface area (Å²) >= 11 is 0. The van der Waals surface area contributed by atoms with E-state index >= 15 is 0 Å². The average molecular weight is 166 g/mol. The van der Waals surface area contributed by atoms with Crippen LogP contribution in [0.4, 0.5) is 0 Å². The number of carbonyl (C=O) groups is 1. The SMILES string of the molecule is O=C1CC[C@H](c2ccoc2)OC1. The second-order valence-corrected chi connectivity index (χ2v) is 2.93. The Hall–Kier alpha value is -1.09. The molecule has 64 valence electrons. The molecule has 0 aliphatic carbocycles. The summed E-state index contributed by atoms with van der Waals surface area (Å²) in [5, 5.41) is 0. The van der Waals surface area contributed by atoms with E-state index in [4.69, 9.17) is 9.15 Å². The number of ether oxygens (including phenoxy) is 1. The Kier molecular flexibility index (Phi) is 1.96. The molecule has 1 atom stereocenters. The minimum absolute atomic E-state index is 0.0569. The monoisotopic (exact) mass is 166 g/mol. The van der Waals surface area contributed by atoms with E-state index < -0.39 is 0 Å². The maximum atomic E-state index is 10.8. The number of rotatable bonds is 1. The van der Waals surface area contributed by atoms with Gasteiger partial charge in [-0.3, -0.25) is 4.79 Å². The van der Waals surface area contributed by atoms with Gasteiger partial charge in [-0.1, -0.05) is 0 Å². The number of hydrogen-bond donors (Lipinski definition) is 0.